The largest absolute Gasteiger partial charge is 0.392 e. The zero-order valence-corrected chi connectivity index (χ0v) is 7.42. The summed E-state index contributed by atoms with van der Waals surface area (Å²) in [6, 6.07) is 0. The van der Waals surface area contributed by atoms with Gasteiger partial charge in [-0.15, -0.1) is 0 Å². The van der Waals surface area contributed by atoms with Crippen LogP contribution in [-0.4, -0.2) is 17.1 Å². The second-order valence-corrected chi connectivity index (χ2v) is 3.39. The average molecular weight is 159 g/mol. The molecule has 66 valence electrons. The average Bonchev–Trinajstić information content (AvgIpc) is 1.88. The lowest BCUT2D eigenvalue weighted by Gasteiger charge is -2.26. The lowest BCUT2D eigenvalue weighted by molar-refractivity contribution is -0.132. The Morgan fingerprint density at radius 2 is 2.09 bits per heavy atom. The van der Waals surface area contributed by atoms with E-state index in [-0.39, 0.29) is 0 Å². The number of primary amides is 1. The van der Waals surface area contributed by atoms with Crippen LogP contribution in [0, 0.1) is 5.41 Å². The quantitative estimate of drug-likeness (QED) is 0.633. The van der Waals surface area contributed by atoms with Gasteiger partial charge in [-0.3, -0.25) is 4.79 Å². The highest BCUT2D eigenvalue weighted by molar-refractivity contribution is 5.80. The van der Waals surface area contributed by atoms with E-state index in [1.807, 2.05) is 6.92 Å². The summed E-state index contributed by atoms with van der Waals surface area (Å²) in [5.41, 5.74) is 4.31. The smallest absolute Gasteiger partial charge is 0.225 e. The molecular formula is C8H17NO2. The molecule has 0 heterocycles. The lowest BCUT2D eigenvalue weighted by atomic mass is 9.83. The van der Waals surface area contributed by atoms with E-state index < -0.39 is 17.4 Å². The molecule has 0 aliphatic rings. The summed E-state index contributed by atoms with van der Waals surface area (Å²) in [5.74, 6) is -0.446. The number of carbonyl (C=O) groups is 1. The van der Waals surface area contributed by atoms with Crippen molar-refractivity contribution in [2.24, 2.45) is 11.1 Å². The zero-order valence-electron chi connectivity index (χ0n) is 7.42. The summed E-state index contributed by atoms with van der Waals surface area (Å²) in [7, 11) is 0. The Kier molecular flexibility index (Phi) is 3.52. The van der Waals surface area contributed by atoms with E-state index >= 15 is 0 Å². The molecule has 1 atom stereocenters. The molecule has 1 amide bonds. The van der Waals surface area contributed by atoms with Gasteiger partial charge in [0.15, 0.2) is 0 Å². The topological polar surface area (TPSA) is 63.3 Å². The van der Waals surface area contributed by atoms with E-state index in [0.29, 0.717) is 6.42 Å². The summed E-state index contributed by atoms with van der Waals surface area (Å²) >= 11 is 0. The maximum absolute atomic E-state index is 10.8. The van der Waals surface area contributed by atoms with Crippen LogP contribution in [0.5, 0.6) is 0 Å². The van der Waals surface area contributed by atoms with Gasteiger partial charge in [0.2, 0.25) is 5.91 Å². The minimum Gasteiger partial charge on any atom is -0.392 e. The maximum atomic E-state index is 10.8. The van der Waals surface area contributed by atoms with Crippen molar-refractivity contribution in [1.82, 2.24) is 0 Å². The van der Waals surface area contributed by atoms with E-state index in [9.17, 15) is 9.90 Å². The van der Waals surface area contributed by atoms with Crippen LogP contribution in [0.2, 0.25) is 0 Å². The standard InChI is InChI=1S/C8H17NO2/c1-4-5-6(10)8(2,3)7(9)11/h6,10H,4-5H2,1-3H3,(H2,9,11). The molecular weight excluding hydrogens is 142 g/mol. The third-order valence-electron chi connectivity index (χ3n) is 2.03. The Hall–Kier alpha value is -0.570. The molecule has 0 spiro atoms. The van der Waals surface area contributed by atoms with Crippen molar-refractivity contribution in [3.63, 3.8) is 0 Å². The van der Waals surface area contributed by atoms with E-state index in [4.69, 9.17) is 5.73 Å². The van der Waals surface area contributed by atoms with Gasteiger partial charge in [-0.2, -0.15) is 0 Å². The summed E-state index contributed by atoms with van der Waals surface area (Å²) in [5, 5.41) is 9.45. The molecule has 0 aromatic carbocycles. The molecule has 0 bridgehead atoms. The highest BCUT2D eigenvalue weighted by Crippen LogP contribution is 2.22. The van der Waals surface area contributed by atoms with E-state index in [1.165, 1.54) is 0 Å². The van der Waals surface area contributed by atoms with Gasteiger partial charge in [-0.25, -0.2) is 0 Å². The molecule has 0 fully saturated rings. The van der Waals surface area contributed by atoms with Crippen LogP contribution in [0.4, 0.5) is 0 Å². The second-order valence-electron chi connectivity index (χ2n) is 3.39. The molecule has 11 heavy (non-hydrogen) atoms. The van der Waals surface area contributed by atoms with Crippen molar-refractivity contribution in [1.29, 1.82) is 0 Å². The van der Waals surface area contributed by atoms with Crippen LogP contribution in [0.25, 0.3) is 0 Å². The number of hydrogen-bond donors (Lipinski definition) is 2. The van der Waals surface area contributed by atoms with Gasteiger partial charge < -0.3 is 10.8 Å². The normalized spacial score (nSPS) is 14.5. The molecule has 1 unspecified atom stereocenters. The second kappa shape index (κ2) is 3.72. The Morgan fingerprint density at radius 1 is 1.64 bits per heavy atom. The number of hydrogen-bond acceptors (Lipinski definition) is 2. The molecule has 0 rings (SSSR count). The zero-order chi connectivity index (χ0) is 9.07. The molecule has 0 aliphatic carbocycles. The molecule has 3 heteroatoms. The molecule has 0 saturated heterocycles. The van der Waals surface area contributed by atoms with Crippen LogP contribution in [0.15, 0.2) is 0 Å². The van der Waals surface area contributed by atoms with E-state index in [0.717, 1.165) is 6.42 Å². The third-order valence-corrected chi connectivity index (χ3v) is 2.03. The van der Waals surface area contributed by atoms with Crippen LogP contribution in [0.1, 0.15) is 33.6 Å². The summed E-state index contributed by atoms with van der Waals surface area (Å²) in [6.45, 7) is 5.28. The number of aliphatic hydroxyl groups is 1. The monoisotopic (exact) mass is 159 g/mol. The van der Waals surface area contributed by atoms with Crippen molar-refractivity contribution in [3.05, 3.63) is 0 Å². The first-order valence-electron chi connectivity index (χ1n) is 3.91. The molecule has 0 radical (unpaired) electrons. The number of amides is 1. The van der Waals surface area contributed by atoms with Gasteiger partial charge in [0.25, 0.3) is 0 Å². The highest BCUT2D eigenvalue weighted by Gasteiger charge is 2.32. The van der Waals surface area contributed by atoms with Gasteiger partial charge in [0, 0.05) is 0 Å². The van der Waals surface area contributed by atoms with E-state index in [1.54, 1.807) is 13.8 Å². The third kappa shape index (κ3) is 2.50. The predicted octanol–water partition coefficient (Wildman–Crippen LogP) is 0.659. The number of aliphatic hydroxyl groups excluding tert-OH is 1. The minimum atomic E-state index is -0.796. The van der Waals surface area contributed by atoms with Gasteiger partial charge in [0.05, 0.1) is 11.5 Å². The van der Waals surface area contributed by atoms with E-state index in [2.05, 4.69) is 0 Å². The first-order valence-corrected chi connectivity index (χ1v) is 3.91. The molecule has 0 aromatic rings. The fourth-order valence-electron chi connectivity index (χ4n) is 0.798. The number of nitrogens with two attached hydrogens (primary N) is 1. The first kappa shape index (κ1) is 10.4. The highest BCUT2D eigenvalue weighted by atomic mass is 16.3. The molecule has 0 saturated carbocycles. The SMILES string of the molecule is CCCC(O)C(C)(C)C(N)=O. The van der Waals surface area contributed by atoms with Gasteiger partial charge in [-0.1, -0.05) is 13.3 Å². The molecule has 3 N–H and O–H groups in total. The van der Waals surface area contributed by atoms with Crippen LogP contribution in [0.3, 0.4) is 0 Å². The van der Waals surface area contributed by atoms with Gasteiger partial charge in [-0.05, 0) is 20.3 Å². The lowest BCUT2D eigenvalue weighted by Crippen LogP contribution is -2.41. The Labute approximate surface area is 67.6 Å². The molecule has 0 aromatic heterocycles. The Balaban J connectivity index is 4.17. The van der Waals surface area contributed by atoms with Crippen molar-refractivity contribution in [3.8, 4) is 0 Å². The Bertz CT molecular complexity index is 143. The van der Waals surface area contributed by atoms with Crippen molar-refractivity contribution < 1.29 is 9.90 Å². The van der Waals surface area contributed by atoms with Gasteiger partial charge in [0.1, 0.15) is 0 Å². The van der Waals surface area contributed by atoms with Crippen molar-refractivity contribution >= 4 is 5.91 Å². The summed E-state index contributed by atoms with van der Waals surface area (Å²) < 4.78 is 0. The molecule has 3 nitrogen and oxygen atoms in total. The summed E-state index contributed by atoms with van der Waals surface area (Å²) in [6.07, 6.45) is 0.860. The fourth-order valence-corrected chi connectivity index (χ4v) is 0.798. The van der Waals surface area contributed by atoms with Crippen LogP contribution < -0.4 is 5.73 Å². The van der Waals surface area contributed by atoms with Crippen LogP contribution in [-0.2, 0) is 4.79 Å². The summed E-state index contributed by atoms with van der Waals surface area (Å²) in [4.78, 5) is 10.8. The Morgan fingerprint density at radius 3 is 2.36 bits per heavy atom. The maximum Gasteiger partial charge on any atom is 0.225 e. The number of rotatable bonds is 4. The predicted molar refractivity (Wildman–Crippen MR) is 43.9 cm³/mol. The van der Waals surface area contributed by atoms with Crippen LogP contribution >= 0.6 is 0 Å². The molecule has 0 aliphatic heterocycles. The van der Waals surface area contributed by atoms with Crippen molar-refractivity contribution in [2.45, 2.75) is 39.7 Å². The number of carbonyl (C=O) groups excluding carboxylic acids is 1. The van der Waals surface area contributed by atoms with Gasteiger partial charge >= 0.3 is 0 Å². The fraction of sp³-hybridized carbons (Fsp3) is 0.875. The first-order chi connectivity index (χ1) is 4.92. The minimum absolute atomic E-state index is 0.446. The van der Waals surface area contributed by atoms with Crippen molar-refractivity contribution in [2.75, 3.05) is 0 Å².